The second-order valence-corrected chi connectivity index (χ2v) is 4.64. The van der Waals surface area contributed by atoms with Crippen molar-refractivity contribution in [3.63, 3.8) is 0 Å². The van der Waals surface area contributed by atoms with Crippen LogP contribution in [0.15, 0.2) is 35.3 Å². The molecule has 0 saturated carbocycles. The van der Waals surface area contributed by atoms with Gasteiger partial charge in [-0.15, -0.1) is 0 Å². The largest absolute Gasteiger partial charge is 0.312 e. The zero-order valence-corrected chi connectivity index (χ0v) is 10.3. The minimum atomic E-state index is 0.929. The summed E-state index contributed by atoms with van der Waals surface area (Å²) in [5.74, 6) is 0. The van der Waals surface area contributed by atoms with Crippen molar-refractivity contribution in [2.45, 2.75) is 19.9 Å². The van der Waals surface area contributed by atoms with Crippen molar-refractivity contribution in [3.8, 4) is 0 Å². The molecule has 0 aliphatic rings. The molecule has 1 N–H and O–H groups in total. The SMILES string of the molecule is Cc1cnccc1CNCCc1ccsc1. The van der Waals surface area contributed by atoms with Gasteiger partial charge in [-0.2, -0.15) is 11.3 Å². The molecule has 0 aliphatic heterocycles. The first-order valence-electron chi connectivity index (χ1n) is 5.47. The monoisotopic (exact) mass is 232 g/mol. The van der Waals surface area contributed by atoms with Crippen LogP contribution in [0.4, 0.5) is 0 Å². The molecular formula is C13H16N2S. The van der Waals surface area contributed by atoms with Crippen molar-refractivity contribution in [2.75, 3.05) is 6.54 Å². The fourth-order valence-electron chi connectivity index (χ4n) is 1.59. The lowest BCUT2D eigenvalue weighted by Gasteiger charge is -2.06. The van der Waals surface area contributed by atoms with Crippen LogP contribution in [0.3, 0.4) is 0 Å². The number of thiophene rings is 1. The molecule has 0 aliphatic carbocycles. The van der Waals surface area contributed by atoms with Crippen molar-refractivity contribution < 1.29 is 0 Å². The van der Waals surface area contributed by atoms with Crippen LogP contribution in [0.2, 0.25) is 0 Å². The number of nitrogens with one attached hydrogen (secondary N) is 1. The molecule has 0 spiro atoms. The predicted molar refractivity (Wildman–Crippen MR) is 68.7 cm³/mol. The highest BCUT2D eigenvalue weighted by atomic mass is 32.1. The Morgan fingerprint density at radius 2 is 2.31 bits per heavy atom. The fourth-order valence-corrected chi connectivity index (χ4v) is 2.29. The fraction of sp³-hybridized carbons (Fsp3) is 0.308. The summed E-state index contributed by atoms with van der Waals surface area (Å²) >= 11 is 1.76. The Kier molecular flexibility index (Phi) is 4.08. The molecule has 0 radical (unpaired) electrons. The van der Waals surface area contributed by atoms with Crippen LogP contribution in [0.25, 0.3) is 0 Å². The number of hydrogen-bond donors (Lipinski definition) is 1. The van der Waals surface area contributed by atoms with Gasteiger partial charge < -0.3 is 5.32 Å². The molecule has 0 aromatic carbocycles. The van der Waals surface area contributed by atoms with Gasteiger partial charge in [-0.05, 0) is 59.5 Å². The van der Waals surface area contributed by atoms with E-state index >= 15 is 0 Å². The van der Waals surface area contributed by atoms with Gasteiger partial charge in [0.05, 0.1) is 0 Å². The van der Waals surface area contributed by atoms with E-state index in [2.05, 4.69) is 40.1 Å². The van der Waals surface area contributed by atoms with Crippen LogP contribution in [0.1, 0.15) is 16.7 Å². The summed E-state index contributed by atoms with van der Waals surface area (Å²) in [4.78, 5) is 4.09. The van der Waals surface area contributed by atoms with Gasteiger partial charge in [-0.3, -0.25) is 4.98 Å². The van der Waals surface area contributed by atoms with Crippen LogP contribution in [0.5, 0.6) is 0 Å². The van der Waals surface area contributed by atoms with Gasteiger partial charge in [0.2, 0.25) is 0 Å². The highest BCUT2D eigenvalue weighted by Gasteiger charge is 1.97. The maximum atomic E-state index is 4.09. The summed E-state index contributed by atoms with van der Waals surface area (Å²) in [7, 11) is 0. The van der Waals surface area contributed by atoms with E-state index in [1.54, 1.807) is 11.3 Å². The van der Waals surface area contributed by atoms with Crippen LogP contribution < -0.4 is 5.32 Å². The van der Waals surface area contributed by atoms with Gasteiger partial charge in [-0.1, -0.05) is 0 Å². The number of rotatable bonds is 5. The van der Waals surface area contributed by atoms with E-state index in [4.69, 9.17) is 0 Å². The molecule has 2 aromatic rings. The predicted octanol–water partition coefficient (Wildman–Crippen LogP) is 2.78. The Bertz CT molecular complexity index is 423. The van der Waals surface area contributed by atoms with Gasteiger partial charge in [0.1, 0.15) is 0 Å². The minimum absolute atomic E-state index is 0.929. The quantitative estimate of drug-likeness (QED) is 0.802. The lowest BCUT2D eigenvalue weighted by molar-refractivity contribution is 0.684. The molecule has 2 aromatic heterocycles. The zero-order valence-electron chi connectivity index (χ0n) is 9.44. The normalized spacial score (nSPS) is 10.6. The number of nitrogens with zero attached hydrogens (tertiary/aromatic N) is 1. The van der Waals surface area contributed by atoms with E-state index in [-0.39, 0.29) is 0 Å². The second-order valence-electron chi connectivity index (χ2n) is 3.86. The molecule has 2 rings (SSSR count). The molecule has 0 amide bonds. The molecule has 16 heavy (non-hydrogen) atoms. The van der Waals surface area contributed by atoms with Gasteiger partial charge in [0.25, 0.3) is 0 Å². The first-order valence-corrected chi connectivity index (χ1v) is 6.42. The smallest absolute Gasteiger partial charge is 0.0300 e. The van der Waals surface area contributed by atoms with E-state index < -0.39 is 0 Å². The Balaban J connectivity index is 1.74. The first kappa shape index (κ1) is 11.3. The summed E-state index contributed by atoms with van der Waals surface area (Å²) < 4.78 is 0. The summed E-state index contributed by atoms with van der Waals surface area (Å²) in [5.41, 5.74) is 4.01. The number of hydrogen-bond acceptors (Lipinski definition) is 3. The van der Waals surface area contributed by atoms with E-state index in [0.717, 1.165) is 19.5 Å². The molecule has 0 saturated heterocycles. The van der Waals surface area contributed by atoms with E-state index in [9.17, 15) is 0 Å². The van der Waals surface area contributed by atoms with E-state index in [1.165, 1.54) is 16.7 Å². The highest BCUT2D eigenvalue weighted by Crippen LogP contribution is 2.07. The average Bonchev–Trinajstić information content (AvgIpc) is 2.79. The average molecular weight is 232 g/mol. The van der Waals surface area contributed by atoms with Crippen molar-refractivity contribution in [3.05, 3.63) is 52.0 Å². The second kappa shape index (κ2) is 5.77. The molecule has 0 atom stereocenters. The molecule has 84 valence electrons. The van der Waals surface area contributed by atoms with Crippen molar-refractivity contribution in [2.24, 2.45) is 0 Å². The number of aryl methyl sites for hydroxylation is 1. The number of aromatic nitrogens is 1. The zero-order chi connectivity index (χ0) is 11.2. The summed E-state index contributed by atoms with van der Waals surface area (Å²) in [6.07, 6.45) is 4.87. The highest BCUT2D eigenvalue weighted by molar-refractivity contribution is 7.07. The molecule has 3 heteroatoms. The molecule has 2 nitrogen and oxygen atoms in total. The summed E-state index contributed by atoms with van der Waals surface area (Å²) in [5, 5.41) is 7.79. The van der Waals surface area contributed by atoms with Gasteiger partial charge in [0, 0.05) is 18.9 Å². The Labute approximate surface area is 100 Å². The van der Waals surface area contributed by atoms with E-state index in [0.29, 0.717) is 0 Å². The standard InChI is InChI=1S/C13H16N2S/c1-11-8-14-6-3-13(11)9-15-5-2-12-4-7-16-10-12/h3-4,6-8,10,15H,2,5,9H2,1H3. The lowest BCUT2D eigenvalue weighted by atomic mass is 10.1. The molecular weight excluding hydrogens is 216 g/mol. The third-order valence-corrected chi connectivity index (χ3v) is 3.35. The van der Waals surface area contributed by atoms with Gasteiger partial charge in [-0.25, -0.2) is 0 Å². The molecule has 0 unspecified atom stereocenters. The Morgan fingerprint density at radius 1 is 1.38 bits per heavy atom. The first-order chi connectivity index (χ1) is 7.86. The van der Waals surface area contributed by atoms with Crippen molar-refractivity contribution >= 4 is 11.3 Å². The van der Waals surface area contributed by atoms with Crippen molar-refractivity contribution in [1.82, 2.24) is 10.3 Å². The summed E-state index contributed by atoms with van der Waals surface area (Å²) in [6.45, 7) is 4.06. The lowest BCUT2D eigenvalue weighted by Crippen LogP contribution is -2.17. The third-order valence-electron chi connectivity index (χ3n) is 2.62. The Morgan fingerprint density at radius 3 is 3.06 bits per heavy atom. The van der Waals surface area contributed by atoms with Gasteiger partial charge in [0.15, 0.2) is 0 Å². The van der Waals surface area contributed by atoms with E-state index in [1.807, 2.05) is 12.4 Å². The molecule has 0 fully saturated rings. The van der Waals surface area contributed by atoms with Crippen LogP contribution in [0, 0.1) is 6.92 Å². The minimum Gasteiger partial charge on any atom is -0.312 e. The molecule has 0 bridgehead atoms. The van der Waals surface area contributed by atoms with Crippen LogP contribution >= 0.6 is 11.3 Å². The third kappa shape index (κ3) is 3.15. The maximum absolute atomic E-state index is 4.09. The number of pyridine rings is 1. The Hall–Kier alpha value is -1.19. The topological polar surface area (TPSA) is 24.9 Å². The molecule has 2 heterocycles. The van der Waals surface area contributed by atoms with Crippen LogP contribution in [-0.2, 0) is 13.0 Å². The van der Waals surface area contributed by atoms with Gasteiger partial charge >= 0.3 is 0 Å². The van der Waals surface area contributed by atoms with Crippen molar-refractivity contribution in [1.29, 1.82) is 0 Å². The van der Waals surface area contributed by atoms with Crippen LogP contribution in [-0.4, -0.2) is 11.5 Å². The maximum Gasteiger partial charge on any atom is 0.0300 e. The summed E-state index contributed by atoms with van der Waals surface area (Å²) in [6, 6.07) is 4.26.